The minimum Gasteiger partial charge on any atom is -0.135 e. The van der Waals surface area contributed by atoms with Crippen LogP contribution in [0.25, 0.3) is 41.7 Å². The monoisotopic (exact) mass is 404 g/mol. The molecule has 1 heterocycles. The van der Waals surface area contributed by atoms with Crippen LogP contribution in [0.1, 0.15) is 16.7 Å². The molecule has 0 fully saturated rings. The zero-order valence-corrected chi connectivity index (χ0v) is 16.8. The van der Waals surface area contributed by atoms with E-state index >= 15 is 0 Å². The molecule has 0 saturated carbocycles. The topological polar surface area (TPSA) is 0 Å². The van der Waals surface area contributed by atoms with Crippen LogP contribution in [0.2, 0.25) is 0 Å². The molecule has 0 aliphatic carbocycles. The van der Waals surface area contributed by atoms with E-state index in [0.717, 1.165) is 0 Å². The van der Waals surface area contributed by atoms with Crippen molar-refractivity contribution in [3.05, 3.63) is 69.7 Å². The molecule has 0 radical (unpaired) electrons. The summed E-state index contributed by atoms with van der Waals surface area (Å²) in [7, 11) is 0. The second-order valence-electron chi connectivity index (χ2n) is 7.03. The molecular weight excluding hydrogens is 388 g/mol. The Morgan fingerprint density at radius 1 is 0.560 bits per heavy atom. The molecule has 0 unspecified atom stereocenters. The van der Waals surface area contributed by atoms with Gasteiger partial charge in [0, 0.05) is 24.6 Å². The standard InChI is InChI=1S/C23H17BrS/c1-12-4-15-7-19-20-8-16-6-14(3)21(24)9-18(16)11-23(20)25-22(19)10-17(15)5-13(12)2/h4-11H,1-3H3. The molecule has 0 spiro atoms. The van der Waals surface area contributed by atoms with E-state index in [1.54, 1.807) is 0 Å². The van der Waals surface area contributed by atoms with Crippen molar-refractivity contribution in [2.75, 3.05) is 0 Å². The highest BCUT2D eigenvalue weighted by atomic mass is 79.9. The summed E-state index contributed by atoms with van der Waals surface area (Å²) in [6.45, 7) is 6.54. The highest BCUT2D eigenvalue weighted by molar-refractivity contribution is 9.10. The van der Waals surface area contributed by atoms with Gasteiger partial charge in [0.1, 0.15) is 0 Å². The third-order valence-electron chi connectivity index (χ3n) is 5.28. The van der Waals surface area contributed by atoms with Crippen molar-refractivity contribution in [2.24, 2.45) is 0 Å². The van der Waals surface area contributed by atoms with Crippen molar-refractivity contribution in [3.63, 3.8) is 0 Å². The predicted octanol–water partition coefficient (Wildman–Crippen LogP) is 8.05. The average Bonchev–Trinajstić information content (AvgIpc) is 2.90. The Hall–Kier alpha value is -1.90. The molecule has 122 valence electrons. The maximum Gasteiger partial charge on any atom is 0.0361 e. The van der Waals surface area contributed by atoms with Gasteiger partial charge in [0.25, 0.3) is 0 Å². The van der Waals surface area contributed by atoms with Crippen molar-refractivity contribution < 1.29 is 0 Å². The molecule has 0 nitrogen and oxygen atoms in total. The Kier molecular flexibility index (Phi) is 3.25. The molecule has 4 aromatic carbocycles. The van der Waals surface area contributed by atoms with Gasteiger partial charge in [0.05, 0.1) is 0 Å². The van der Waals surface area contributed by atoms with Gasteiger partial charge in [-0.3, -0.25) is 0 Å². The van der Waals surface area contributed by atoms with Crippen LogP contribution in [0.15, 0.2) is 53.0 Å². The predicted molar refractivity (Wildman–Crippen MR) is 116 cm³/mol. The molecule has 5 aromatic rings. The van der Waals surface area contributed by atoms with Gasteiger partial charge in [-0.25, -0.2) is 0 Å². The van der Waals surface area contributed by atoms with E-state index in [4.69, 9.17) is 0 Å². The first-order valence-corrected chi connectivity index (χ1v) is 10.1. The van der Waals surface area contributed by atoms with E-state index < -0.39 is 0 Å². The number of hydrogen-bond acceptors (Lipinski definition) is 1. The number of fused-ring (bicyclic) bond motifs is 5. The first-order chi connectivity index (χ1) is 12.0. The summed E-state index contributed by atoms with van der Waals surface area (Å²) in [5.41, 5.74) is 4.00. The molecule has 5 rings (SSSR count). The molecule has 0 amide bonds. The molecular formula is C23H17BrS. The van der Waals surface area contributed by atoms with E-state index in [2.05, 4.69) is 85.2 Å². The fourth-order valence-corrected chi connectivity index (χ4v) is 5.21. The Balaban J connectivity index is 1.92. The highest BCUT2D eigenvalue weighted by Gasteiger charge is 2.10. The van der Waals surface area contributed by atoms with Crippen LogP contribution in [0.5, 0.6) is 0 Å². The Morgan fingerprint density at radius 3 is 1.56 bits per heavy atom. The summed E-state index contributed by atoms with van der Waals surface area (Å²) in [6, 6.07) is 18.5. The van der Waals surface area contributed by atoms with E-state index in [9.17, 15) is 0 Å². The number of rotatable bonds is 0. The van der Waals surface area contributed by atoms with Gasteiger partial charge in [-0.2, -0.15) is 0 Å². The van der Waals surface area contributed by atoms with Gasteiger partial charge < -0.3 is 0 Å². The third kappa shape index (κ3) is 2.32. The Morgan fingerprint density at radius 2 is 1.00 bits per heavy atom. The summed E-state index contributed by atoms with van der Waals surface area (Å²) in [6.07, 6.45) is 0. The normalized spacial score (nSPS) is 12.0. The summed E-state index contributed by atoms with van der Waals surface area (Å²) in [5, 5.41) is 8.03. The Bertz CT molecular complexity index is 1220. The molecule has 0 N–H and O–H groups in total. The lowest BCUT2D eigenvalue weighted by molar-refractivity contribution is 1.37. The smallest absolute Gasteiger partial charge is 0.0361 e. The van der Waals surface area contributed by atoms with Gasteiger partial charge in [-0.15, -0.1) is 11.3 Å². The van der Waals surface area contributed by atoms with Crippen LogP contribution in [0, 0.1) is 20.8 Å². The van der Waals surface area contributed by atoms with Crippen molar-refractivity contribution >= 4 is 69.0 Å². The molecule has 0 aliphatic heterocycles. The first-order valence-electron chi connectivity index (χ1n) is 8.47. The highest BCUT2D eigenvalue weighted by Crippen LogP contribution is 2.39. The number of thiophene rings is 1. The molecule has 0 saturated heterocycles. The van der Waals surface area contributed by atoms with E-state index in [1.807, 2.05) is 11.3 Å². The van der Waals surface area contributed by atoms with Crippen LogP contribution >= 0.6 is 27.3 Å². The minimum absolute atomic E-state index is 1.18. The van der Waals surface area contributed by atoms with Crippen LogP contribution in [0.4, 0.5) is 0 Å². The molecule has 25 heavy (non-hydrogen) atoms. The summed E-state index contributed by atoms with van der Waals surface area (Å²) in [4.78, 5) is 0. The minimum atomic E-state index is 1.18. The van der Waals surface area contributed by atoms with E-state index in [0.29, 0.717) is 0 Å². The zero-order valence-electron chi connectivity index (χ0n) is 14.4. The number of aryl methyl sites for hydroxylation is 3. The lowest BCUT2D eigenvalue weighted by Gasteiger charge is -2.05. The Labute approximate surface area is 159 Å². The quantitative estimate of drug-likeness (QED) is 0.244. The van der Waals surface area contributed by atoms with Crippen LogP contribution in [-0.4, -0.2) is 0 Å². The van der Waals surface area contributed by atoms with Gasteiger partial charge in [0.15, 0.2) is 0 Å². The second kappa shape index (κ2) is 5.30. The maximum atomic E-state index is 3.66. The average molecular weight is 405 g/mol. The molecule has 2 heteroatoms. The summed E-state index contributed by atoms with van der Waals surface area (Å²) < 4.78 is 3.91. The fourth-order valence-electron chi connectivity index (χ4n) is 3.68. The van der Waals surface area contributed by atoms with Crippen LogP contribution in [0.3, 0.4) is 0 Å². The van der Waals surface area contributed by atoms with Gasteiger partial charge >= 0.3 is 0 Å². The third-order valence-corrected chi connectivity index (χ3v) is 7.25. The van der Waals surface area contributed by atoms with Crippen molar-refractivity contribution in [1.29, 1.82) is 0 Å². The number of benzene rings is 4. The second-order valence-corrected chi connectivity index (χ2v) is 8.97. The van der Waals surface area contributed by atoms with E-state index in [1.165, 1.54) is 62.9 Å². The summed E-state index contributed by atoms with van der Waals surface area (Å²) >= 11 is 5.56. The first kappa shape index (κ1) is 15.4. The SMILES string of the molecule is Cc1cc2cc3sc4cc5cc(Br)c(C)cc5cc4c3cc2cc1C. The molecule has 1 aromatic heterocycles. The van der Waals surface area contributed by atoms with Crippen molar-refractivity contribution in [1.82, 2.24) is 0 Å². The van der Waals surface area contributed by atoms with E-state index in [-0.39, 0.29) is 0 Å². The lowest BCUT2D eigenvalue weighted by Crippen LogP contribution is -1.82. The number of halogens is 1. The summed E-state index contributed by atoms with van der Waals surface area (Å²) in [5.74, 6) is 0. The maximum absolute atomic E-state index is 3.66. The van der Waals surface area contributed by atoms with Gasteiger partial charge in [0.2, 0.25) is 0 Å². The molecule has 0 atom stereocenters. The van der Waals surface area contributed by atoms with Crippen molar-refractivity contribution in [2.45, 2.75) is 20.8 Å². The molecule has 0 bridgehead atoms. The lowest BCUT2D eigenvalue weighted by atomic mass is 10.00. The fraction of sp³-hybridized carbons (Fsp3) is 0.130. The van der Waals surface area contributed by atoms with Crippen LogP contribution in [-0.2, 0) is 0 Å². The molecule has 0 aliphatic rings. The van der Waals surface area contributed by atoms with Gasteiger partial charge in [-0.1, -0.05) is 34.1 Å². The largest absolute Gasteiger partial charge is 0.135 e. The van der Waals surface area contributed by atoms with Gasteiger partial charge in [-0.05, 0) is 89.3 Å². The van der Waals surface area contributed by atoms with Crippen molar-refractivity contribution in [3.8, 4) is 0 Å². The number of hydrogen-bond donors (Lipinski definition) is 0. The van der Waals surface area contributed by atoms with Crippen LogP contribution < -0.4 is 0 Å². The zero-order chi connectivity index (χ0) is 17.3.